The van der Waals surface area contributed by atoms with Crippen LogP contribution in [0.25, 0.3) is 0 Å². The van der Waals surface area contributed by atoms with Gasteiger partial charge in [-0.15, -0.1) is 0 Å². The van der Waals surface area contributed by atoms with Crippen molar-refractivity contribution in [1.82, 2.24) is 0 Å². The average molecular weight is 213 g/mol. The smallest absolute Gasteiger partial charge is 0.0132 e. The van der Waals surface area contributed by atoms with Crippen LogP contribution in [0.4, 0.5) is 0 Å². The van der Waals surface area contributed by atoms with Crippen molar-refractivity contribution in [3.8, 4) is 0 Å². The molecule has 0 aliphatic heterocycles. The molecule has 1 unspecified atom stereocenters. The Bertz CT molecular complexity index is 290. The van der Waals surface area contributed by atoms with Crippen LogP contribution in [0.15, 0.2) is 41.9 Å². The molecule has 0 N–H and O–H groups in total. The fraction of sp³-hybridized carbons (Fsp3) is 0.182. The van der Waals surface area contributed by atoms with Gasteiger partial charge < -0.3 is 0 Å². The molecule has 0 saturated carbocycles. The molecule has 1 atom stereocenters. The van der Waals surface area contributed by atoms with Gasteiger partial charge in [-0.2, -0.15) is 10.5 Å². The lowest BCUT2D eigenvalue weighted by Gasteiger charge is -2.03. The molecule has 0 aliphatic carbocycles. The summed E-state index contributed by atoms with van der Waals surface area (Å²) in [5.74, 6) is 6.10. The van der Waals surface area contributed by atoms with Crippen molar-refractivity contribution in [2.45, 2.75) is 5.75 Å². The van der Waals surface area contributed by atoms with Crippen LogP contribution in [0.5, 0.6) is 0 Å². The largest absolute Gasteiger partial charge is 0.185 e. The second-order valence-electron chi connectivity index (χ2n) is 2.77. The summed E-state index contributed by atoms with van der Waals surface area (Å²) in [4.78, 5) is 0. The van der Waals surface area contributed by atoms with E-state index in [1.54, 1.807) is 5.54 Å². The summed E-state index contributed by atoms with van der Waals surface area (Å²) in [7, 11) is 0.158. The number of hydrogen-bond acceptors (Lipinski definition) is 0. The van der Waals surface area contributed by atoms with E-state index in [9.17, 15) is 0 Å². The van der Waals surface area contributed by atoms with E-state index in [-0.39, 0.29) is 10.5 Å². The summed E-state index contributed by atoms with van der Waals surface area (Å²) in [5, 5.41) is 0. The van der Waals surface area contributed by atoms with Gasteiger partial charge in [-0.25, -0.2) is 0 Å². The first kappa shape index (κ1) is 10.6. The van der Waals surface area contributed by atoms with Crippen molar-refractivity contribution >= 4 is 28.0 Å². The normalized spacial score (nSPS) is 13.3. The van der Waals surface area contributed by atoms with E-state index in [1.807, 2.05) is 12.1 Å². The van der Waals surface area contributed by atoms with Crippen molar-refractivity contribution in [2.75, 3.05) is 5.75 Å². The molecule has 0 spiro atoms. The van der Waals surface area contributed by atoms with Crippen molar-refractivity contribution in [3.05, 3.63) is 47.5 Å². The minimum atomic E-state index is 0.158. The lowest BCUT2D eigenvalue weighted by Crippen LogP contribution is -1.83. The molecule has 0 aromatic heterocycles. The zero-order chi connectivity index (χ0) is 9.52. The molecule has 0 radical (unpaired) electrons. The van der Waals surface area contributed by atoms with Gasteiger partial charge in [-0.3, -0.25) is 0 Å². The monoisotopic (exact) mass is 212 g/mol. The van der Waals surface area contributed by atoms with Gasteiger partial charge in [0.2, 0.25) is 0 Å². The van der Waals surface area contributed by atoms with E-state index in [2.05, 4.69) is 30.1 Å². The van der Waals surface area contributed by atoms with Gasteiger partial charge in [-0.05, 0) is 5.56 Å². The van der Waals surface area contributed by atoms with Gasteiger partial charge in [0.05, 0.1) is 0 Å². The van der Waals surface area contributed by atoms with Gasteiger partial charge >= 0.3 is 0 Å². The van der Waals surface area contributed by atoms with Gasteiger partial charge in [0.25, 0.3) is 0 Å². The van der Waals surface area contributed by atoms with Crippen molar-refractivity contribution in [3.63, 3.8) is 0 Å². The van der Waals surface area contributed by atoms with Crippen LogP contribution in [0, 0.1) is 0 Å². The maximum Gasteiger partial charge on any atom is 0.0132 e. The summed E-state index contributed by atoms with van der Waals surface area (Å²) >= 11 is 5.44. The van der Waals surface area contributed by atoms with Gasteiger partial charge in [0, 0.05) is 17.0 Å². The Morgan fingerprint density at radius 2 is 2.00 bits per heavy atom. The molecule has 0 fully saturated rings. The quantitative estimate of drug-likeness (QED) is 0.669. The predicted octanol–water partition coefficient (Wildman–Crippen LogP) is 3.64. The summed E-state index contributed by atoms with van der Waals surface area (Å²) in [6.45, 7) is 0. The van der Waals surface area contributed by atoms with Crippen LogP contribution < -0.4 is 0 Å². The molecule has 1 rings (SSSR count). The van der Waals surface area contributed by atoms with E-state index in [1.165, 1.54) is 5.56 Å². The van der Waals surface area contributed by atoms with Crippen LogP contribution in [-0.4, -0.2) is 11.6 Å². The first-order valence-electron chi connectivity index (χ1n) is 4.09. The average Bonchev–Trinajstić information content (AvgIpc) is 2.16. The Balaban J connectivity index is 2.46. The topological polar surface area (TPSA) is 0 Å². The second kappa shape index (κ2) is 6.01. The third kappa shape index (κ3) is 4.30. The van der Waals surface area contributed by atoms with Crippen LogP contribution in [0.3, 0.4) is 0 Å². The Labute approximate surface area is 87.2 Å². The van der Waals surface area contributed by atoms with E-state index >= 15 is 0 Å². The van der Waals surface area contributed by atoms with Crippen LogP contribution >= 0.6 is 22.1 Å². The molecule has 2 heteroatoms. The SMILES string of the molecule is C=S(C/C=C/Cl)Cc1ccccc1. The van der Waals surface area contributed by atoms with E-state index in [0.29, 0.717) is 0 Å². The lowest BCUT2D eigenvalue weighted by molar-refractivity contribution is 1.41. The Hall–Kier alpha value is -0.530. The fourth-order valence-electron chi connectivity index (χ4n) is 1.04. The fourth-order valence-corrected chi connectivity index (χ4v) is 2.39. The van der Waals surface area contributed by atoms with Gasteiger partial charge in [0.1, 0.15) is 0 Å². The maximum atomic E-state index is 5.44. The van der Waals surface area contributed by atoms with Gasteiger partial charge in [0.15, 0.2) is 0 Å². The number of benzene rings is 1. The highest BCUT2D eigenvalue weighted by molar-refractivity contribution is 8.13. The second-order valence-corrected chi connectivity index (χ2v) is 4.87. The molecular formula is C11H13ClS. The van der Waals surface area contributed by atoms with Crippen LogP contribution in [0.2, 0.25) is 0 Å². The lowest BCUT2D eigenvalue weighted by atomic mass is 10.2. The van der Waals surface area contributed by atoms with Crippen LogP contribution in [0.1, 0.15) is 5.56 Å². The Kier molecular flexibility index (Phi) is 4.87. The van der Waals surface area contributed by atoms with Crippen molar-refractivity contribution in [2.24, 2.45) is 0 Å². The summed E-state index contributed by atoms with van der Waals surface area (Å²) in [6.07, 6.45) is 1.96. The Morgan fingerprint density at radius 3 is 2.62 bits per heavy atom. The first-order chi connectivity index (χ1) is 6.33. The molecule has 70 valence electrons. The number of hydrogen-bond donors (Lipinski definition) is 0. The van der Waals surface area contributed by atoms with Crippen LogP contribution in [-0.2, 0) is 5.75 Å². The first-order valence-corrected chi connectivity index (χ1v) is 6.26. The molecule has 0 saturated heterocycles. The summed E-state index contributed by atoms with van der Waals surface area (Å²) < 4.78 is 0. The molecule has 0 nitrogen and oxygen atoms in total. The minimum absolute atomic E-state index is 0.158. The minimum Gasteiger partial charge on any atom is -0.185 e. The maximum absolute atomic E-state index is 5.44. The molecule has 1 aromatic carbocycles. The molecule has 0 aliphatic rings. The molecule has 1 aromatic rings. The molecule has 0 heterocycles. The molecule has 0 amide bonds. The highest BCUT2D eigenvalue weighted by atomic mass is 35.5. The molecular weight excluding hydrogens is 200 g/mol. The van der Waals surface area contributed by atoms with Crippen molar-refractivity contribution in [1.29, 1.82) is 0 Å². The summed E-state index contributed by atoms with van der Waals surface area (Å²) in [5.41, 5.74) is 2.92. The Morgan fingerprint density at radius 1 is 1.31 bits per heavy atom. The zero-order valence-electron chi connectivity index (χ0n) is 7.45. The van der Waals surface area contributed by atoms with E-state index < -0.39 is 0 Å². The third-order valence-electron chi connectivity index (χ3n) is 1.63. The summed E-state index contributed by atoms with van der Waals surface area (Å²) in [6, 6.07) is 10.4. The molecule has 13 heavy (non-hydrogen) atoms. The third-order valence-corrected chi connectivity index (χ3v) is 3.22. The highest BCUT2D eigenvalue weighted by Crippen LogP contribution is 2.17. The highest BCUT2D eigenvalue weighted by Gasteiger charge is 1.92. The van der Waals surface area contributed by atoms with E-state index in [4.69, 9.17) is 11.6 Å². The zero-order valence-corrected chi connectivity index (χ0v) is 9.02. The predicted molar refractivity (Wildman–Crippen MR) is 64.7 cm³/mol. The van der Waals surface area contributed by atoms with E-state index in [0.717, 1.165) is 11.5 Å². The molecule has 0 bridgehead atoms. The number of halogens is 1. The van der Waals surface area contributed by atoms with Gasteiger partial charge in [-0.1, -0.05) is 53.9 Å². The van der Waals surface area contributed by atoms with Crippen molar-refractivity contribution < 1.29 is 0 Å². The standard InChI is InChI=1S/C11H13ClS/c1-13(9-5-8-12)10-11-6-3-2-4-7-11/h2-8H,1,9-10H2/b8-5+. The number of rotatable bonds is 4.